The lowest BCUT2D eigenvalue weighted by Gasteiger charge is -2.33. The number of nitrogens with zero attached hydrogens (tertiary/aromatic N) is 1. The molecule has 0 aliphatic heterocycles. The molecule has 2 rings (SSSR count). The Balaban J connectivity index is 2.38. The normalized spacial score (nSPS) is 12.7. The summed E-state index contributed by atoms with van der Waals surface area (Å²) in [6.45, 7) is 8.78. The van der Waals surface area contributed by atoms with E-state index in [2.05, 4.69) is 10.6 Å². The third-order valence-electron chi connectivity index (χ3n) is 5.00. The van der Waals surface area contributed by atoms with Crippen molar-refractivity contribution in [2.24, 2.45) is 0 Å². The van der Waals surface area contributed by atoms with Gasteiger partial charge < -0.3 is 30.1 Å². The average Bonchev–Trinajstić information content (AvgIpc) is 2.78. The Hall–Kier alpha value is -3.75. The molecule has 9 nitrogen and oxygen atoms in total. The molecule has 0 fully saturated rings. The molecule has 0 aliphatic rings. The van der Waals surface area contributed by atoms with Crippen molar-refractivity contribution in [1.29, 1.82) is 0 Å². The standard InChI is InChI=1S/C26H35N3O6/c1-7-16-29(24(32)17(2)27-25(33)35-26(3,4)5)22(20-10-8-9-11-21(20)30)23(31)28-18-12-14-19(34-6)15-13-18/h8-15,17,22,30H,7,16H2,1-6H3,(H,27,33)(H,28,31). The number of hydrogen-bond acceptors (Lipinski definition) is 6. The van der Waals surface area contributed by atoms with E-state index < -0.39 is 35.6 Å². The average molecular weight is 486 g/mol. The van der Waals surface area contributed by atoms with Crippen molar-refractivity contribution in [3.8, 4) is 11.5 Å². The van der Waals surface area contributed by atoms with Crippen LogP contribution in [0, 0.1) is 0 Å². The molecule has 0 aromatic heterocycles. The number of rotatable bonds is 9. The lowest BCUT2D eigenvalue weighted by atomic mass is 10.0. The van der Waals surface area contributed by atoms with Gasteiger partial charge in [-0.1, -0.05) is 25.1 Å². The zero-order chi connectivity index (χ0) is 26.2. The van der Waals surface area contributed by atoms with Crippen molar-refractivity contribution in [2.45, 2.75) is 58.7 Å². The van der Waals surface area contributed by atoms with Crippen LogP contribution in [-0.2, 0) is 14.3 Å². The van der Waals surface area contributed by atoms with Crippen molar-refractivity contribution >= 4 is 23.6 Å². The number of methoxy groups -OCH3 is 1. The van der Waals surface area contributed by atoms with Crippen molar-refractivity contribution in [2.75, 3.05) is 19.0 Å². The predicted octanol–water partition coefficient (Wildman–Crippen LogP) is 4.23. The highest BCUT2D eigenvalue weighted by molar-refractivity contribution is 5.99. The monoisotopic (exact) mass is 485 g/mol. The number of para-hydroxylation sites is 1. The number of phenolic OH excluding ortho intramolecular Hbond substituents is 1. The van der Waals surface area contributed by atoms with E-state index in [0.717, 1.165) is 0 Å². The first-order valence-corrected chi connectivity index (χ1v) is 11.5. The second kappa shape index (κ2) is 12.1. The molecule has 3 N–H and O–H groups in total. The summed E-state index contributed by atoms with van der Waals surface area (Å²) in [5, 5.41) is 15.9. The smallest absolute Gasteiger partial charge is 0.408 e. The van der Waals surface area contributed by atoms with Gasteiger partial charge >= 0.3 is 6.09 Å². The largest absolute Gasteiger partial charge is 0.508 e. The number of alkyl carbamates (subject to hydrolysis) is 1. The Bertz CT molecular complexity index is 1020. The van der Waals surface area contributed by atoms with E-state index in [1.807, 2.05) is 6.92 Å². The number of carbonyl (C=O) groups excluding carboxylic acids is 3. The van der Waals surface area contributed by atoms with Gasteiger partial charge in [0.15, 0.2) is 0 Å². The topological polar surface area (TPSA) is 117 Å². The van der Waals surface area contributed by atoms with Crippen LogP contribution in [0.15, 0.2) is 48.5 Å². The maximum absolute atomic E-state index is 13.5. The van der Waals surface area contributed by atoms with E-state index in [-0.39, 0.29) is 17.9 Å². The van der Waals surface area contributed by atoms with Gasteiger partial charge in [0.1, 0.15) is 29.2 Å². The molecule has 0 bridgehead atoms. The molecule has 2 unspecified atom stereocenters. The Labute approximate surface area is 206 Å². The van der Waals surface area contributed by atoms with Gasteiger partial charge in [0.2, 0.25) is 5.91 Å². The van der Waals surface area contributed by atoms with Gasteiger partial charge in [-0.15, -0.1) is 0 Å². The van der Waals surface area contributed by atoms with Crippen LogP contribution in [0.2, 0.25) is 0 Å². The SMILES string of the molecule is CCCN(C(=O)C(C)NC(=O)OC(C)(C)C)C(C(=O)Nc1ccc(OC)cc1)c1ccccc1O. The summed E-state index contributed by atoms with van der Waals surface area (Å²) < 4.78 is 10.4. The Morgan fingerprint density at radius 2 is 1.69 bits per heavy atom. The maximum Gasteiger partial charge on any atom is 0.408 e. The number of phenols is 1. The summed E-state index contributed by atoms with van der Waals surface area (Å²) in [5.41, 5.74) is 0.0388. The molecule has 190 valence electrons. The Morgan fingerprint density at radius 1 is 1.06 bits per heavy atom. The molecule has 2 atom stereocenters. The molecule has 35 heavy (non-hydrogen) atoms. The van der Waals surface area contributed by atoms with Crippen LogP contribution in [0.5, 0.6) is 11.5 Å². The summed E-state index contributed by atoms with van der Waals surface area (Å²) in [6, 6.07) is 11.0. The number of amides is 3. The molecule has 3 amide bonds. The highest BCUT2D eigenvalue weighted by Crippen LogP contribution is 2.31. The van der Waals surface area contributed by atoms with Crippen molar-refractivity contribution in [3.05, 3.63) is 54.1 Å². The minimum absolute atomic E-state index is 0.121. The summed E-state index contributed by atoms with van der Waals surface area (Å²) in [6.07, 6.45) is -0.193. The summed E-state index contributed by atoms with van der Waals surface area (Å²) in [4.78, 5) is 40.6. The minimum Gasteiger partial charge on any atom is -0.508 e. The lowest BCUT2D eigenvalue weighted by molar-refractivity contribution is -0.140. The minimum atomic E-state index is -1.14. The second-order valence-electron chi connectivity index (χ2n) is 9.08. The van der Waals surface area contributed by atoms with Crippen LogP contribution in [0.3, 0.4) is 0 Å². The number of aromatic hydroxyl groups is 1. The first-order chi connectivity index (χ1) is 16.5. The number of ether oxygens (including phenoxy) is 2. The number of nitrogens with one attached hydrogen (secondary N) is 2. The Kier molecular flexibility index (Phi) is 9.50. The number of carbonyl (C=O) groups is 3. The predicted molar refractivity (Wildman–Crippen MR) is 133 cm³/mol. The fourth-order valence-corrected chi connectivity index (χ4v) is 3.46. The quantitative estimate of drug-likeness (QED) is 0.489. The lowest BCUT2D eigenvalue weighted by Crippen LogP contribution is -2.51. The fraction of sp³-hybridized carbons (Fsp3) is 0.423. The summed E-state index contributed by atoms with van der Waals surface area (Å²) in [7, 11) is 1.54. The molecular weight excluding hydrogens is 450 g/mol. The number of anilines is 1. The Morgan fingerprint density at radius 3 is 2.23 bits per heavy atom. The highest BCUT2D eigenvalue weighted by Gasteiger charge is 2.35. The molecule has 2 aromatic rings. The second-order valence-corrected chi connectivity index (χ2v) is 9.08. The van der Waals surface area contributed by atoms with Gasteiger partial charge in [0.25, 0.3) is 5.91 Å². The molecule has 0 saturated heterocycles. The van der Waals surface area contributed by atoms with Gasteiger partial charge in [0.05, 0.1) is 7.11 Å². The third-order valence-corrected chi connectivity index (χ3v) is 5.00. The molecule has 0 heterocycles. The molecule has 0 aliphatic carbocycles. The van der Waals surface area contributed by atoms with Crippen LogP contribution in [0.1, 0.15) is 52.6 Å². The van der Waals surface area contributed by atoms with Crippen LogP contribution in [0.25, 0.3) is 0 Å². The third kappa shape index (κ3) is 7.91. The van der Waals surface area contributed by atoms with Crippen LogP contribution in [-0.4, -0.2) is 53.2 Å². The molecular formula is C26H35N3O6. The zero-order valence-electron chi connectivity index (χ0n) is 21.1. The van der Waals surface area contributed by atoms with Gasteiger partial charge in [-0.05, 0) is 64.4 Å². The fourth-order valence-electron chi connectivity index (χ4n) is 3.46. The van der Waals surface area contributed by atoms with Crippen molar-refractivity contribution in [1.82, 2.24) is 10.2 Å². The van der Waals surface area contributed by atoms with Crippen molar-refractivity contribution < 1.29 is 29.0 Å². The number of hydrogen-bond donors (Lipinski definition) is 3. The molecule has 2 aromatic carbocycles. The first-order valence-electron chi connectivity index (χ1n) is 11.5. The van der Waals surface area contributed by atoms with Crippen LogP contribution < -0.4 is 15.4 Å². The van der Waals surface area contributed by atoms with Crippen molar-refractivity contribution in [3.63, 3.8) is 0 Å². The first kappa shape index (κ1) is 27.5. The van der Waals surface area contributed by atoms with E-state index in [1.165, 1.54) is 17.9 Å². The summed E-state index contributed by atoms with van der Waals surface area (Å²) >= 11 is 0. The molecule has 0 radical (unpaired) electrons. The number of benzene rings is 2. The van der Waals surface area contributed by atoms with E-state index in [1.54, 1.807) is 70.3 Å². The van der Waals surface area contributed by atoms with Gasteiger partial charge in [-0.2, -0.15) is 0 Å². The van der Waals surface area contributed by atoms with E-state index in [4.69, 9.17) is 9.47 Å². The highest BCUT2D eigenvalue weighted by atomic mass is 16.6. The van der Waals surface area contributed by atoms with Crippen LogP contribution in [0.4, 0.5) is 10.5 Å². The van der Waals surface area contributed by atoms with Gasteiger partial charge in [-0.3, -0.25) is 9.59 Å². The zero-order valence-corrected chi connectivity index (χ0v) is 21.1. The molecule has 0 spiro atoms. The van der Waals surface area contributed by atoms with E-state index in [9.17, 15) is 19.5 Å². The van der Waals surface area contributed by atoms with E-state index >= 15 is 0 Å². The molecule has 0 saturated carbocycles. The van der Waals surface area contributed by atoms with E-state index in [0.29, 0.717) is 17.9 Å². The molecule has 9 heteroatoms. The van der Waals surface area contributed by atoms with Crippen LogP contribution >= 0.6 is 0 Å². The summed E-state index contributed by atoms with van der Waals surface area (Å²) in [5.74, 6) is -0.493. The van der Waals surface area contributed by atoms with Gasteiger partial charge in [-0.25, -0.2) is 4.79 Å². The maximum atomic E-state index is 13.5. The van der Waals surface area contributed by atoms with Gasteiger partial charge in [0, 0.05) is 17.8 Å².